The van der Waals surface area contributed by atoms with Crippen LogP contribution >= 0.6 is 11.8 Å². The minimum atomic E-state index is -0.0839. The first-order chi connectivity index (χ1) is 9.59. The molecule has 1 aromatic rings. The molecule has 1 aliphatic carbocycles. The second-order valence-electron chi connectivity index (χ2n) is 6.63. The number of benzene rings is 1. The van der Waals surface area contributed by atoms with Crippen molar-refractivity contribution in [1.29, 1.82) is 0 Å². The van der Waals surface area contributed by atoms with Gasteiger partial charge in [-0.1, -0.05) is 24.6 Å². The van der Waals surface area contributed by atoms with Gasteiger partial charge >= 0.3 is 0 Å². The van der Waals surface area contributed by atoms with Crippen LogP contribution in [0.5, 0.6) is 5.75 Å². The van der Waals surface area contributed by atoms with Gasteiger partial charge in [0.1, 0.15) is 11.4 Å². The maximum Gasteiger partial charge on any atom is 0.124 e. The molecule has 0 amide bonds. The molecule has 1 heterocycles. The number of ether oxygens (including phenoxy) is 1. The molecule has 3 unspecified atom stereocenters. The summed E-state index contributed by atoms with van der Waals surface area (Å²) in [5.41, 5.74) is 1.25. The highest BCUT2D eigenvalue weighted by molar-refractivity contribution is 7.99. The standard InChI is InChI=1S/C17H25NOS/c1-17(2)11-14(12-7-4-5-9-15(12)19-17)18-13-8-6-10-16(13)20-3/h4-5,7,9,13-14,16,18H,6,8,10-11H2,1-3H3. The van der Waals surface area contributed by atoms with Gasteiger partial charge in [-0.25, -0.2) is 0 Å². The molecule has 3 rings (SSSR count). The number of para-hydroxylation sites is 1. The van der Waals surface area contributed by atoms with Gasteiger partial charge in [0.25, 0.3) is 0 Å². The predicted octanol–water partition coefficient (Wildman–Crippen LogP) is 4.16. The molecule has 0 bridgehead atoms. The lowest BCUT2D eigenvalue weighted by molar-refractivity contribution is 0.0639. The Morgan fingerprint density at radius 1 is 1.25 bits per heavy atom. The second-order valence-corrected chi connectivity index (χ2v) is 7.71. The number of nitrogens with one attached hydrogen (secondary N) is 1. The molecule has 20 heavy (non-hydrogen) atoms. The van der Waals surface area contributed by atoms with Crippen molar-refractivity contribution >= 4 is 11.8 Å². The number of fused-ring (bicyclic) bond motifs is 1. The molecule has 110 valence electrons. The van der Waals surface area contributed by atoms with E-state index in [0.717, 1.165) is 17.4 Å². The summed E-state index contributed by atoms with van der Waals surface area (Å²) in [7, 11) is 0. The third kappa shape index (κ3) is 2.84. The maximum absolute atomic E-state index is 6.12. The molecule has 0 spiro atoms. The second kappa shape index (κ2) is 5.61. The molecule has 1 aliphatic heterocycles. The summed E-state index contributed by atoms with van der Waals surface area (Å²) in [4.78, 5) is 0. The Morgan fingerprint density at radius 3 is 2.85 bits per heavy atom. The molecule has 1 saturated carbocycles. The van der Waals surface area contributed by atoms with E-state index >= 15 is 0 Å². The lowest BCUT2D eigenvalue weighted by atomic mass is 9.89. The van der Waals surface area contributed by atoms with Gasteiger partial charge in [-0.05, 0) is 39.0 Å². The third-order valence-electron chi connectivity index (χ3n) is 4.55. The van der Waals surface area contributed by atoms with Crippen LogP contribution in [-0.2, 0) is 0 Å². The van der Waals surface area contributed by atoms with Crippen LogP contribution in [0.1, 0.15) is 51.1 Å². The van der Waals surface area contributed by atoms with Crippen LogP contribution in [0.25, 0.3) is 0 Å². The zero-order chi connectivity index (χ0) is 14.2. The van der Waals surface area contributed by atoms with Gasteiger partial charge in [0, 0.05) is 29.3 Å². The van der Waals surface area contributed by atoms with E-state index in [-0.39, 0.29) is 5.60 Å². The Bertz CT molecular complexity index is 474. The molecule has 1 N–H and O–H groups in total. The molecular weight excluding hydrogens is 266 g/mol. The highest BCUT2D eigenvalue weighted by Gasteiger charge is 2.36. The van der Waals surface area contributed by atoms with Crippen molar-refractivity contribution in [2.45, 2.75) is 62.5 Å². The maximum atomic E-state index is 6.12. The average molecular weight is 291 g/mol. The number of hydrogen-bond donors (Lipinski definition) is 1. The molecular formula is C17H25NOS. The first-order valence-electron chi connectivity index (χ1n) is 7.66. The van der Waals surface area contributed by atoms with E-state index in [2.05, 4.69) is 49.7 Å². The quantitative estimate of drug-likeness (QED) is 0.903. The van der Waals surface area contributed by atoms with Gasteiger partial charge in [0.05, 0.1) is 0 Å². The minimum absolute atomic E-state index is 0.0839. The van der Waals surface area contributed by atoms with Gasteiger partial charge < -0.3 is 10.1 Å². The Morgan fingerprint density at radius 2 is 2.05 bits per heavy atom. The summed E-state index contributed by atoms with van der Waals surface area (Å²) in [5, 5.41) is 4.70. The zero-order valence-electron chi connectivity index (χ0n) is 12.7. The Balaban J connectivity index is 1.82. The van der Waals surface area contributed by atoms with E-state index in [4.69, 9.17) is 4.74 Å². The van der Waals surface area contributed by atoms with Crippen LogP contribution in [0.2, 0.25) is 0 Å². The summed E-state index contributed by atoms with van der Waals surface area (Å²) in [6.45, 7) is 4.39. The van der Waals surface area contributed by atoms with Crippen LogP contribution in [-0.4, -0.2) is 23.1 Å². The lowest BCUT2D eigenvalue weighted by Gasteiger charge is -2.39. The molecule has 1 aromatic carbocycles. The molecule has 2 nitrogen and oxygen atoms in total. The van der Waals surface area contributed by atoms with Gasteiger partial charge in [0.15, 0.2) is 0 Å². The Labute approximate surface area is 126 Å². The minimum Gasteiger partial charge on any atom is -0.487 e. The Hall–Kier alpha value is -0.670. The number of rotatable bonds is 3. The molecule has 3 heteroatoms. The zero-order valence-corrected chi connectivity index (χ0v) is 13.5. The van der Waals surface area contributed by atoms with Crippen molar-refractivity contribution in [3.8, 4) is 5.75 Å². The van der Waals surface area contributed by atoms with E-state index in [1.807, 2.05) is 11.8 Å². The van der Waals surface area contributed by atoms with Crippen molar-refractivity contribution in [2.75, 3.05) is 6.26 Å². The fraction of sp³-hybridized carbons (Fsp3) is 0.647. The average Bonchev–Trinajstić information content (AvgIpc) is 2.84. The predicted molar refractivity (Wildman–Crippen MR) is 86.6 cm³/mol. The smallest absolute Gasteiger partial charge is 0.124 e. The van der Waals surface area contributed by atoms with E-state index in [1.54, 1.807) is 0 Å². The molecule has 0 saturated heterocycles. The fourth-order valence-corrected chi connectivity index (χ4v) is 4.55. The van der Waals surface area contributed by atoms with Crippen molar-refractivity contribution < 1.29 is 4.74 Å². The summed E-state index contributed by atoms with van der Waals surface area (Å²) in [6, 6.07) is 9.58. The van der Waals surface area contributed by atoms with E-state index in [0.29, 0.717) is 12.1 Å². The van der Waals surface area contributed by atoms with Gasteiger partial charge in [-0.3, -0.25) is 0 Å². The van der Waals surface area contributed by atoms with Crippen LogP contribution < -0.4 is 10.1 Å². The molecule has 1 fully saturated rings. The van der Waals surface area contributed by atoms with Crippen LogP contribution in [0.15, 0.2) is 24.3 Å². The van der Waals surface area contributed by atoms with E-state index in [9.17, 15) is 0 Å². The first kappa shape index (κ1) is 14.3. The monoisotopic (exact) mass is 291 g/mol. The van der Waals surface area contributed by atoms with Gasteiger partial charge in [0.2, 0.25) is 0 Å². The van der Waals surface area contributed by atoms with Crippen LogP contribution in [0, 0.1) is 0 Å². The van der Waals surface area contributed by atoms with E-state index in [1.165, 1.54) is 24.8 Å². The summed E-state index contributed by atoms with van der Waals surface area (Å²) in [6.07, 6.45) is 7.31. The van der Waals surface area contributed by atoms with E-state index < -0.39 is 0 Å². The highest BCUT2D eigenvalue weighted by atomic mass is 32.2. The number of hydrogen-bond acceptors (Lipinski definition) is 3. The number of thioether (sulfide) groups is 1. The summed E-state index contributed by atoms with van der Waals surface area (Å²) >= 11 is 2.02. The van der Waals surface area contributed by atoms with Crippen LogP contribution in [0.3, 0.4) is 0 Å². The molecule has 0 aromatic heterocycles. The first-order valence-corrected chi connectivity index (χ1v) is 8.95. The van der Waals surface area contributed by atoms with Crippen molar-refractivity contribution in [2.24, 2.45) is 0 Å². The SMILES string of the molecule is CSC1CCCC1NC1CC(C)(C)Oc2ccccc21. The van der Waals surface area contributed by atoms with Gasteiger partial charge in [-0.15, -0.1) is 0 Å². The fourth-order valence-electron chi connectivity index (χ4n) is 3.61. The molecule has 0 radical (unpaired) electrons. The lowest BCUT2D eigenvalue weighted by Crippen LogP contribution is -2.44. The highest BCUT2D eigenvalue weighted by Crippen LogP contribution is 2.41. The van der Waals surface area contributed by atoms with Gasteiger partial charge in [-0.2, -0.15) is 11.8 Å². The normalized spacial score (nSPS) is 31.6. The summed E-state index contributed by atoms with van der Waals surface area (Å²) in [5.74, 6) is 1.06. The third-order valence-corrected chi connectivity index (χ3v) is 5.72. The molecule has 2 aliphatic rings. The topological polar surface area (TPSA) is 21.3 Å². The Kier molecular flexibility index (Phi) is 4.00. The van der Waals surface area contributed by atoms with Crippen molar-refractivity contribution in [3.05, 3.63) is 29.8 Å². The molecule has 3 atom stereocenters. The van der Waals surface area contributed by atoms with Crippen molar-refractivity contribution in [1.82, 2.24) is 5.32 Å². The summed E-state index contributed by atoms with van der Waals surface area (Å²) < 4.78 is 6.12. The largest absolute Gasteiger partial charge is 0.487 e. The van der Waals surface area contributed by atoms with Crippen LogP contribution in [0.4, 0.5) is 0 Å². The van der Waals surface area contributed by atoms with Crippen molar-refractivity contribution in [3.63, 3.8) is 0 Å².